The molecule has 0 aliphatic rings. The molecule has 0 spiro atoms. The molecule has 1 rings (SSSR count). The first kappa shape index (κ1) is 12.7. The third-order valence-corrected chi connectivity index (χ3v) is 2.46. The Morgan fingerprint density at radius 1 is 1.31 bits per heavy atom. The van der Waals surface area contributed by atoms with E-state index in [2.05, 4.69) is 13.8 Å². The Hall–Kier alpha value is -1.35. The first-order chi connectivity index (χ1) is 7.41. The molecule has 3 nitrogen and oxygen atoms in total. The molecule has 1 atom stereocenters. The SMILES string of the molecule is Cc1ccc(C(C)C)cc1OC(=O)[C@@H](C)N. The molecule has 1 aromatic rings. The van der Waals surface area contributed by atoms with Crippen LogP contribution < -0.4 is 10.5 Å². The monoisotopic (exact) mass is 221 g/mol. The van der Waals surface area contributed by atoms with Crippen LogP contribution in [0.3, 0.4) is 0 Å². The molecule has 88 valence electrons. The highest BCUT2D eigenvalue weighted by molar-refractivity contribution is 5.77. The molecule has 3 heteroatoms. The lowest BCUT2D eigenvalue weighted by atomic mass is 10.0. The Morgan fingerprint density at radius 3 is 2.44 bits per heavy atom. The van der Waals surface area contributed by atoms with Crippen LogP contribution in [0.2, 0.25) is 0 Å². The van der Waals surface area contributed by atoms with E-state index in [9.17, 15) is 4.79 Å². The highest BCUT2D eigenvalue weighted by atomic mass is 16.5. The van der Waals surface area contributed by atoms with Gasteiger partial charge in [-0.15, -0.1) is 0 Å². The van der Waals surface area contributed by atoms with Crippen molar-refractivity contribution in [2.75, 3.05) is 0 Å². The minimum Gasteiger partial charge on any atom is -0.425 e. The molecular weight excluding hydrogens is 202 g/mol. The number of hydrogen-bond donors (Lipinski definition) is 1. The molecule has 0 aliphatic carbocycles. The van der Waals surface area contributed by atoms with Crippen molar-refractivity contribution in [2.45, 2.75) is 39.7 Å². The van der Waals surface area contributed by atoms with Crippen LogP contribution in [0.1, 0.15) is 37.8 Å². The van der Waals surface area contributed by atoms with Gasteiger partial charge in [-0.1, -0.05) is 26.0 Å². The Labute approximate surface area is 96.6 Å². The van der Waals surface area contributed by atoms with Gasteiger partial charge in [0.05, 0.1) is 0 Å². The zero-order chi connectivity index (χ0) is 12.3. The van der Waals surface area contributed by atoms with E-state index >= 15 is 0 Å². The van der Waals surface area contributed by atoms with Gasteiger partial charge < -0.3 is 10.5 Å². The number of esters is 1. The molecular formula is C13H19NO2. The van der Waals surface area contributed by atoms with Gasteiger partial charge in [-0.05, 0) is 37.0 Å². The normalized spacial score (nSPS) is 12.6. The number of aryl methyl sites for hydroxylation is 1. The lowest BCUT2D eigenvalue weighted by molar-refractivity contribution is -0.135. The van der Waals surface area contributed by atoms with Crippen molar-refractivity contribution in [3.63, 3.8) is 0 Å². The molecule has 0 aliphatic heterocycles. The number of nitrogens with two attached hydrogens (primary N) is 1. The van der Waals surface area contributed by atoms with E-state index in [4.69, 9.17) is 10.5 Å². The van der Waals surface area contributed by atoms with Gasteiger partial charge in [-0.3, -0.25) is 0 Å². The molecule has 2 N–H and O–H groups in total. The fraction of sp³-hybridized carbons (Fsp3) is 0.462. The second-order valence-corrected chi connectivity index (χ2v) is 4.39. The predicted octanol–water partition coefficient (Wildman–Crippen LogP) is 2.37. The second kappa shape index (κ2) is 5.12. The van der Waals surface area contributed by atoms with E-state index < -0.39 is 12.0 Å². The maximum Gasteiger partial charge on any atom is 0.328 e. The Morgan fingerprint density at radius 2 is 1.94 bits per heavy atom. The molecule has 0 aromatic heterocycles. The fourth-order valence-corrected chi connectivity index (χ4v) is 1.29. The molecule has 0 saturated carbocycles. The van der Waals surface area contributed by atoms with Crippen LogP contribution in [0.25, 0.3) is 0 Å². The van der Waals surface area contributed by atoms with E-state index in [1.165, 1.54) is 0 Å². The van der Waals surface area contributed by atoms with Crippen molar-refractivity contribution >= 4 is 5.97 Å². The number of hydrogen-bond acceptors (Lipinski definition) is 3. The van der Waals surface area contributed by atoms with Gasteiger partial charge in [0.15, 0.2) is 0 Å². The summed E-state index contributed by atoms with van der Waals surface area (Å²) >= 11 is 0. The van der Waals surface area contributed by atoms with Gasteiger partial charge in [0.1, 0.15) is 11.8 Å². The average molecular weight is 221 g/mol. The standard InChI is InChI=1S/C13H19NO2/c1-8(2)11-6-5-9(3)12(7-11)16-13(15)10(4)14/h5-8,10H,14H2,1-4H3/t10-/m1/s1. The fourth-order valence-electron chi connectivity index (χ4n) is 1.29. The maximum atomic E-state index is 11.4. The Kier molecular flexibility index (Phi) is 4.07. The maximum absolute atomic E-state index is 11.4. The van der Waals surface area contributed by atoms with E-state index in [0.29, 0.717) is 11.7 Å². The lowest BCUT2D eigenvalue weighted by Crippen LogP contribution is -2.31. The minimum atomic E-state index is -0.595. The first-order valence-electron chi connectivity index (χ1n) is 5.49. The number of rotatable bonds is 3. The predicted molar refractivity (Wildman–Crippen MR) is 64.6 cm³/mol. The topological polar surface area (TPSA) is 52.3 Å². The van der Waals surface area contributed by atoms with Gasteiger partial charge in [-0.25, -0.2) is 4.79 Å². The quantitative estimate of drug-likeness (QED) is 0.629. The van der Waals surface area contributed by atoms with E-state index in [1.807, 2.05) is 25.1 Å². The molecule has 0 bridgehead atoms. The average Bonchev–Trinajstić information content (AvgIpc) is 2.20. The van der Waals surface area contributed by atoms with Crippen molar-refractivity contribution in [1.82, 2.24) is 0 Å². The molecule has 0 saturated heterocycles. The van der Waals surface area contributed by atoms with Crippen LogP contribution >= 0.6 is 0 Å². The number of ether oxygens (including phenoxy) is 1. The van der Waals surface area contributed by atoms with Crippen molar-refractivity contribution in [3.05, 3.63) is 29.3 Å². The van der Waals surface area contributed by atoms with E-state index in [-0.39, 0.29) is 0 Å². The van der Waals surface area contributed by atoms with Crippen molar-refractivity contribution in [2.24, 2.45) is 5.73 Å². The summed E-state index contributed by atoms with van der Waals surface area (Å²) in [6, 6.07) is 5.31. The van der Waals surface area contributed by atoms with Crippen LogP contribution in [-0.4, -0.2) is 12.0 Å². The van der Waals surface area contributed by atoms with Crippen LogP contribution in [0.5, 0.6) is 5.75 Å². The first-order valence-corrected chi connectivity index (χ1v) is 5.49. The molecule has 0 amide bonds. The molecule has 0 fully saturated rings. The van der Waals surface area contributed by atoms with E-state index in [1.54, 1.807) is 6.92 Å². The van der Waals surface area contributed by atoms with Gasteiger partial charge in [-0.2, -0.15) is 0 Å². The number of carbonyl (C=O) groups excluding carboxylic acids is 1. The third-order valence-electron chi connectivity index (χ3n) is 2.46. The summed E-state index contributed by atoms with van der Waals surface area (Å²) in [4.78, 5) is 11.4. The summed E-state index contributed by atoms with van der Waals surface area (Å²) in [6.07, 6.45) is 0. The smallest absolute Gasteiger partial charge is 0.328 e. The van der Waals surface area contributed by atoms with Crippen molar-refractivity contribution in [1.29, 1.82) is 0 Å². The summed E-state index contributed by atoms with van der Waals surface area (Å²) in [7, 11) is 0. The zero-order valence-electron chi connectivity index (χ0n) is 10.3. The van der Waals surface area contributed by atoms with Gasteiger partial charge in [0, 0.05) is 0 Å². The lowest BCUT2D eigenvalue weighted by Gasteiger charge is -2.12. The molecule has 1 aromatic carbocycles. The highest BCUT2D eigenvalue weighted by Crippen LogP contribution is 2.24. The Bertz CT molecular complexity index is 384. The van der Waals surface area contributed by atoms with E-state index in [0.717, 1.165) is 11.1 Å². The minimum absolute atomic E-state index is 0.399. The van der Waals surface area contributed by atoms with Crippen LogP contribution in [-0.2, 0) is 4.79 Å². The molecule has 16 heavy (non-hydrogen) atoms. The highest BCUT2D eigenvalue weighted by Gasteiger charge is 2.12. The van der Waals surface area contributed by atoms with Gasteiger partial charge in [0.2, 0.25) is 0 Å². The zero-order valence-corrected chi connectivity index (χ0v) is 10.3. The second-order valence-electron chi connectivity index (χ2n) is 4.39. The van der Waals surface area contributed by atoms with Crippen LogP contribution in [0, 0.1) is 6.92 Å². The summed E-state index contributed by atoms with van der Waals surface area (Å²) in [5.74, 6) is 0.617. The largest absolute Gasteiger partial charge is 0.425 e. The molecule has 0 radical (unpaired) electrons. The summed E-state index contributed by atoms with van der Waals surface area (Å²) in [5.41, 5.74) is 7.55. The molecule has 0 unspecified atom stereocenters. The van der Waals surface area contributed by atoms with Gasteiger partial charge >= 0.3 is 5.97 Å². The van der Waals surface area contributed by atoms with Crippen molar-refractivity contribution in [3.8, 4) is 5.75 Å². The number of carbonyl (C=O) groups is 1. The Balaban J connectivity index is 2.94. The van der Waals surface area contributed by atoms with Gasteiger partial charge in [0.25, 0.3) is 0 Å². The number of benzene rings is 1. The summed E-state index contributed by atoms with van der Waals surface area (Å²) < 4.78 is 5.23. The van der Waals surface area contributed by atoms with Crippen molar-refractivity contribution < 1.29 is 9.53 Å². The van der Waals surface area contributed by atoms with Crippen LogP contribution in [0.15, 0.2) is 18.2 Å². The van der Waals surface area contributed by atoms with Crippen LogP contribution in [0.4, 0.5) is 0 Å². The molecule has 0 heterocycles. The summed E-state index contributed by atoms with van der Waals surface area (Å²) in [5, 5.41) is 0. The third kappa shape index (κ3) is 3.07. The summed E-state index contributed by atoms with van der Waals surface area (Å²) in [6.45, 7) is 7.72.